The molecule has 1 aliphatic rings. The Morgan fingerprint density at radius 2 is 1.72 bits per heavy atom. The zero-order valence-corrected chi connectivity index (χ0v) is 26.3. The number of nitrogens with zero attached hydrogens (tertiary/aromatic N) is 4. The van der Waals surface area contributed by atoms with E-state index < -0.39 is 40.1 Å². The Hall–Kier alpha value is -4.20. The molecule has 2 aromatic heterocycles. The van der Waals surface area contributed by atoms with Crippen molar-refractivity contribution in [3.8, 4) is 5.75 Å². The molecule has 3 heterocycles. The minimum Gasteiger partial charge on any atom is -0.674 e. The van der Waals surface area contributed by atoms with E-state index in [1.807, 2.05) is 0 Å². The van der Waals surface area contributed by atoms with Crippen LogP contribution < -0.4 is 15.2 Å². The van der Waals surface area contributed by atoms with Gasteiger partial charge in [-0.1, -0.05) is 48.1 Å². The summed E-state index contributed by atoms with van der Waals surface area (Å²) >= 11 is 1.01. The molecule has 1 atom stereocenters. The molecule has 254 valence electrons. The van der Waals surface area contributed by atoms with Crippen molar-refractivity contribution >= 4 is 42.8 Å². The molecule has 0 amide bonds. The number of anilines is 1. The average molecular weight is 704 g/mol. The van der Waals surface area contributed by atoms with Gasteiger partial charge in [-0.05, 0) is 31.2 Å². The van der Waals surface area contributed by atoms with Crippen LogP contribution in [0.25, 0.3) is 16.1 Å². The van der Waals surface area contributed by atoms with Gasteiger partial charge >= 0.3 is 12.3 Å². The fourth-order valence-corrected chi connectivity index (χ4v) is 7.02. The van der Waals surface area contributed by atoms with Gasteiger partial charge in [0.25, 0.3) is 11.5 Å². The van der Waals surface area contributed by atoms with Crippen molar-refractivity contribution in [2.75, 3.05) is 24.5 Å². The average Bonchev–Trinajstić information content (AvgIpc) is 3.45. The number of aliphatic carboxylic acids is 1. The second kappa shape index (κ2) is 13.9. The molecule has 1 fully saturated rings. The number of hydrogen-bond acceptors (Lipinski definition) is 9. The quantitative estimate of drug-likeness (QED) is 0.232. The van der Waals surface area contributed by atoms with Gasteiger partial charge in [0.1, 0.15) is 22.3 Å². The third-order valence-corrected chi connectivity index (χ3v) is 9.97. The zero-order valence-electron chi connectivity index (χ0n) is 24.7. The highest BCUT2D eigenvalue weighted by Crippen LogP contribution is 2.32. The molecule has 0 saturated carbocycles. The van der Waals surface area contributed by atoms with Crippen LogP contribution in [0.2, 0.25) is 0 Å². The molecule has 19 heteroatoms. The second-order valence-corrected chi connectivity index (χ2v) is 13.0. The van der Waals surface area contributed by atoms with E-state index in [-0.39, 0.29) is 59.0 Å². The van der Waals surface area contributed by atoms with E-state index in [0.717, 1.165) is 45.5 Å². The number of rotatable bonds is 8. The number of carboxylic acid groups (broad SMARTS) is 1. The Bertz CT molecular complexity index is 1880. The van der Waals surface area contributed by atoms with Crippen molar-refractivity contribution in [3.63, 3.8) is 0 Å². The number of aryl methyl sites for hydroxylation is 1. The summed E-state index contributed by atoms with van der Waals surface area (Å²) in [5.41, 5.74) is 7.63. The maximum absolute atomic E-state index is 13.1. The first-order valence-electron chi connectivity index (χ1n) is 13.8. The van der Waals surface area contributed by atoms with Gasteiger partial charge in [-0.3, -0.25) is 9.59 Å². The van der Waals surface area contributed by atoms with Gasteiger partial charge in [0.05, 0.1) is 4.90 Å². The minimum absolute atomic E-state index is 0.0344. The number of hydrogen-bond donors (Lipinski definition) is 2. The highest BCUT2D eigenvalue weighted by atomic mass is 32.2. The number of ether oxygens (including phenoxy) is 1. The summed E-state index contributed by atoms with van der Waals surface area (Å²) in [4.78, 5) is 36.2. The van der Waals surface area contributed by atoms with Crippen LogP contribution in [-0.2, 0) is 27.3 Å². The SMILES string of the molecule is CCC(F)(F)c1ccc(C[NH-])cc1.Cc1nc2nc(N3CCN(S(=O)(=O)c4ccc(OC(F)(F)F)cc4)[C@@H](C(=O)O)C3)sc2c(=O)[nH]1. The molecular formula is C28H28F5N6O6S2-. The molecule has 0 radical (unpaired) electrons. The molecule has 0 unspecified atom stereocenters. The number of carboxylic acids is 1. The van der Waals surface area contributed by atoms with Crippen molar-refractivity contribution in [1.29, 1.82) is 0 Å². The Morgan fingerprint density at radius 1 is 1.09 bits per heavy atom. The summed E-state index contributed by atoms with van der Waals surface area (Å²) in [6.07, 6.45) is -5.13. The minimum atomic E-state index is -4.94. The lowest BCUT2D eigenvalue weighted by Crippen LogP contribution is -2.58. The molecular weight excluding hydrogens is 675 g/mol. The normalized spacial score (nSPS) is 16.1. The smallest absolute Gasteiger partial charge is 0.573 e. The van der Waals surface area contributed by atoms with Crippen molar-refractivity contribution in [2.24, 2.45) is 0 Å². The first kappa shape index (κ1) is 35.7. The van der Waals surface area contributed by atoms with E-state index in [1.165, 1.54) is 19.1 Å². The number of sulfonamides is 1. The predicted octanol–water partition coefficient (Wildman–Crippen LogP) is 5.29. The maximum Gasteiger partial charge on any atom is 0.573 e. The van der Waals surface area contributed by atoms with Crippen molar-refractivity contribution in [3.05, 3.63) is 81.6 Å². The number of thiazole rings is 1. The summed E-state index contributed by atoms with van der Waals surface area (Å²) in [6.45, 7) is 2.75. The number of nitrogens with one attached hydrogen (secondary N) is 2. The van der Waals surface area contributed by atoms with Crippen LogP contribution >= 0.6 is 11.3 Å². The number of H-pyrrole nitrogens is 1. The van der Waals surface area contributed by atoms with Gasteiger partial charge in [-0.25, -0.2) is 22.2 Å². The van der Waals surface area contributed by atoms with Crippen LogP contribution in [-0.4, -0.2) is 70.8 Å². The molecule has 3 N–H and O–H groups in total. The summed E-state index contributed by atoms with van der Waals surface area (Å²) in [5, 5.41) is 10.0. The predicted molar refractivity (Wildman–Crippen MR) is 162 cm³/mol. The lowest BCUT2D eigenvalue weighted by Gasteiger charge is -2.38. The van der Waals surface area contributed by atoms with Crippen LogP contribution in [0.15, 0.2) is 58.2 Å². The topological polar surface area (TPSA) is 170 Å². The molecule has 47 heavy (non-hydrogen) atoms. The largest absolute Gasteiger partial charge is 0.674 e. The van der Waals surface area contributed by atoms with E-state index in [1.54, 1.807) is 24.0 Å². The molecule has 0 aliphatic carbocycles. The first-order valence-corrected chi connectivity index (χ1v) is 16.1. The monoisotopic (exact) mass is 703 g/mol. The number of benzene rings is 2. The van der Waals surface area contributed by atoms with Crippen LogP contribution in [0.5, 0.6) is 5.75 Å². The highest BCUT2D eigenvalue weighted by molar-refractivity contribution is 7.89. The number of piperazine rings is 1. The number of aromatic nitrogens is 3. The van der Waals surface area contributed by atoms with Crippen LogP contribution in [0, 0.1) is 6.92 Å². The zero-order chi connectivity index (χ0) is 34.7. The lowest BCUT2D eigenvalue weighted by molar-refractivity contribution is -0.274. The summed E-state index contributed by atoms with van der Waals surface area (Å²) < 4.78 is 94.1. The molecule has 0 bridgehead atoms. The van der Waals surface area contributed by atoms with Gasteiger partial charge < -0.3 is 25.5 Å². The number of aromatic amines is 1. The Morgan fingerprint density at radius 3 is 2.28 bits per heavy atom. The highest BCUT2D eigenvalue weighted by Gasteiger charge is 2.41. The van der Waals surface area contributed by atoms with Crippen molar-refractivity contribution < 1.29 is 45.0 Å². The molecule has 2 aromatic carbocycles. The van der Waals surface area contributed by atoms with Gasteiger partial charge in [0.2, 0.25) is 10.0 Å². The van der Waals surface area contributed by atoms with E-state index >= 15 is 0 Å². The van der Waals surface area contributed by atoms with Crippen LogP contribution in [0.1, 0.15) is 30.3 Å². The van der Waals surface area contributed by atoms with Crippen molar-refractivity contribution in [1.82, 2.24) is 19.3 Å². The van der Waals surface area contributed by atoms with Crippen LogP contribution in [0.3, 0.4) is 0 Å². The molecule has 1 aliphatic heterocycles. The molecule has 4 aromatic rings. The number of alkyl halides is 5. The van der Waals surface area contributed by atoms with Gasteiger partial charge in [-0.15, -0.1) is 19.7 Å². The standard InChI is InChI=1S/C18H16F3N5O6S2.C10H12F2N/c1-9-22-14-13(15(27)23-9)33-17(24-14)25-6-7-26(12(8-25)16(28)29)34(30,31)11-4-2-10(3-5-11)32-18(19,20)21;1-2-10(11,12)9-5-3-8(7-13)4-6-9/h2-5,12H,6-8H2,1H3,(H,28,29)(H,22,23,27);3-6,13H,2,7H2,1H3/q;-1/t12-;/m1./s1. The number of halogens is 5. The van der Waals surface area contributed by atoms with Crippen molar-refractivity contribution in [2.45, 2.75) is 50.0 Å². The molecule has 0 spiro atoms. The van der Waals surface area contributed by atoms with Gasteiger partial charge in [-0.2, -0.15) is 9.29 Å². The third kappa shape index (κ3) is 8.40. The summed E-state index contributed by atoms with van der Waals surface area (Å²) in [6, 6.07) is 7.92. The van der Waals surface area contributed by atoms with Gasteiger partial charge in [0.15, 0.2) is 10.8 Å². The second-order valence-electron chi connectivity index (χ2n) is 10.2. The molecule has 1 saturated heterocycles. The van der Waals surface area contributed by atoms with Crippen LogP contribution in [0.4, 0.5) is 27.1 Å². The fourth-order valence-electron chi connectivity index (χ4n) is 4.52. The van der Waals surface area contributed by atoms with E-state index in [9.17, 15) is 45.1 Å². The first-order chi connectivity index (χ1) is 21.9. The Balaban J connectivity index is 0.000000323. The Kier molecular flexibility index (Phi) is 10.5. The molecule has 12 nitrogen and oxygen atoms in total. The fraction of sp³-hybridized carbons (Fsp3) is 0.357. The molecule has 5 rings (SSSR count). The van der Waals surface area contributed by atoms with E-state index in [2.05, 4.69) is 19.7 Å². The van der Waals surface area contributed by atoms with E-state index in [4.69, 9.17) is 5.73 Å². The summed E-state index contributed by atoms with van der Waals surface area (Å²) in [5.74, 6) is -4.40. The lowest BCUT2D eigenvalue weighted by atomic mass is 10.0. The van der Waals surface area contributed by atoms with Gasteiger partial charge in [0, 0.05) is 31.6 Å². The third-order valence-electron chi connectivity index (χ3n) is 6.95. The summed E-state index contributed by atoms with van der Waals surface area (Å²) in [7, 11) is -4.35. The number of carbonyl (C=O) groups is 1. The van der Waals surface area contributed by atoms with E-state index in [0.29, 0.717) is 11.0 Å². The maximum atomic E-state index is 13.1. The Labute approximate surface area is 268 Å². The number of fused-ring (bicyclic) bond motifs is 1.